The van der Waals surface area contributed by atoms with Gasteiger partial charge in [0.25, 0.3) is 0 Å². The minimum absolute atomic E-state index is 0.557. The maximum Gasteiger partial charge on any atom is 0.134 e. The summed E-state index contributed by atoms with van der Waals surface area (Å²) in [5.41, 5.74) is 0. The lowest BCUT2D eigenvalue weighted by molar-refractivity contribution is 0.710. The van der Waals surface area contributed by atoms with Crippen LogP contribution in [-0.4, -0.2) is 33.6 Å². The Bertz CT molecular complexity index is 403. The number of nitrogens with zero attached hydrogens (tertiary/aromatic N) is 3. The molecule has 1 fully saturated rings. The van der Waals surface area contributed by atoms with Crippen LogP contribution in [0.15, 0.2) is 6.07 Å². The second kappa shape index (κ2) is 6.11. The summed E-state index contributed by atoms with van der Waals surface area (Å²) in [6, 6.07) is 1.89. The van der Waals surface area contributed by atoms with Crippen molar-refractivity contribution in [1.29, 1.82) is 0 Å². The predicted molar refractivity (Wildman–Crippen MR) is 79.8 cm³/mol. The zero-order chi connectivity index (χ0) is 13.1. The van der Waals surface area contributed by atoms with Gasteiger partial charge in [0.15, 0.2) is 0 Å². The van der Waals surface area contributed by atoms with Gasteiger partial charge in [-0.05, 0) is 6.42 Å². The Labute approximate surface area is 118 Å². The topological polar surface area (TPSA) is 29.0 Å². The fourth-order valence-electron chi connectivity index (χ4n) is 2.31. The molecule has 1 aliphatic heterocycles. The summed E-state index contributed by atoms with van der Waals surface area (Å²) >= 11 is 8.13. The SMILES string of the molecule is CCCc1nc(Cl)cc(N2CC(C)SC(C)C2)n1. The number of halogens is 1. The van der Waals surface area contributed by atoms with E-state index in [9.17, 15) is 0 Å². The monoisotopic (exact) mass is 285 g/mol. The van der Waals surface area contributed by atoms with E-state index in [-0.39, 0.29) is 0 Å². The number of anilines is 1. The molecular formula is C13H20ClN3S. The molecule has 0 spiro atoms. The molecule has 100 valence electrons. The van der Waals surface area contributed by atoms with Gasteiger partial charge in [0, 0.05) is 36.1 Å². The lowest BCUT2D eigenvalue weighted by Crippen LogP contribution is -2.41. The van der Waals surface area contributed by atoms with Crippen molar-refractivity contribution in [3.05, 3.63) is 17.0 Å². The van der Waals surface area contributed by atoms with E-state index in [0.717, 1.165) is 37.6 Å². The zero-order valence-corrected chi connectivity index (χ0v) is 12.8. The molecule has 5 heteroatoms. The second-order valence-electron chi connectivity index (χ2n) is 4.88. The van der Waals surface area contributed by atoms with Gasteiger partial charge in [-0.3, -0.25) is 0 Å². The standard InChI is InChI=1S/C13H20ClN3S/c1-4-5-12-15-11(14)6-13(16-12)17-7-9(2)18-10(3)8-17/h6,9-10H,4-5,7-8H2,1-3H3. The van der Waals surface area contributed by atoms with Crippen LogP contribution in [0.4, 0.5) is 5.82 Å². The van der Waals surface area contributed by atoms with Gasteiger partial charge in [-0.2, -0.15) is 11.8 Å². The molecule has 2 atom stereocenters. The minimum atomic E-state index is 0.557. The highest BCUT2D eigenvalue weighted by atomic mass is 35.5. The van der Waals surface area contributed by atoms with E-state index in [4.69, 9.17) is 11.6 Å². The Morgan fingerprint density at radius 2 is 2.00 bits per heavy atom. The molecule has 0 amide bonds. The van der Waals surface area contributed by atoms with Crippen LogP contribution in [0.3, 0.4) is 0 Å². The fraction of sp³-hybridized carbons (Fsp3) is 0.692. The molecule has 3 nitrogen and oxygen atoms in total. The Balaban J connectivity index is 2.21. The number of hydrogen-bond acceptors (Lipinski definition) is 4. The Morgan fingerprint density at radius 3 is 2.61 bits per heavy atom. The van der Waals surface area contributed by atoms with Crippen LogP contribution in [0.5, 0.6) is 0 Å². The van der Waals surface area contributed by atoms with E-state index in [1.165, 1.54) is 0 Å². The summed E-state index contributed by atoms with van der Waals surface area (Å²) in [4.78, 5) is 11.2. The van der Waals surface area contributed by atoms with E-state index in [0.29, 0.717) is 15.7 Å². The maximum absolute atomic E-state index is 6.09. The van der Waals surface area contributed by atoms with Crippen molar-refractivity contribution >= 4 is 29.2 Å². The van der Waals surface area contributed by atoms with Gasteiger partial charge in [0.2, 0.25) is 0 Å². The molecule has 1 aliphatic rings. The first kappa shape index (κ1) is 13.9. The molecule has 0 N–H and O–H groups in total. The van der Waals surface area contributed by atoms with Crippen LogP contribution < -0.4 is 4.90 Å². The minimum Gasteiger partial charge on any atom is -0.354 e. The van der Waals surface area contributed by atoms with Crippen LogP contribution in [0, 0.1) is 0 Å². The van der Waals surface area contributed by atoms with Gasteiger partial charge in [-0.1, -0.05) is 32.4 Å². The third kappa shape index (κ3) is 3.51. The normalized spacial score (nSPS) is 24.3. The van der Waals surface area contributed by atoms with Gasteiger partial charge in [-0.15, -0.1) is 0 Å². The first-order chi connectivity index (χ1) is 8.58. The Hall–Kier alpha value is -0.480. The van der Waals surface area contributed by atoms with E-state index >= 15 is 0 Å². The van der Waals surface area contributed by atoms with Gasteiger partial charge in [0.1, 0.15) is 16.8 Å². The highest BCUT2D eigenvalue weighted by Gasteiger charge is 2.23. The molecule has 0 aromatic carbocycles. The maximum atomic E-state index is 6.09. The summed E-state index contributed by atoms with van der Waals surface area (Å²) in [6.07, 6.45) is 1.93. The Kier molecular flexibility index (Phi) is 4.73. The average molecular weight is 286 g/mol. The van der Waals surface area contributed by atoms with Gasteiger partial charge in [-0.25, -0.2) is 9.97 Å². The first-order valence-electron chi connectivity index (χ1n) is 6.52. The van der Waals surface area contributed by atoms with Crippen LogP contribution >= 0.6 is 23.4 Å². The zero-order valence-electron chi connectivity index (χ0n) is 11.2. The molecule has 1 aromatic heterocycles. The lowest BCUT2D eigenvalue weighted by Gasteiger charge is -2.35. The molecule has 2 heterocycles. The van der Waals surface area contributed by atoms with Crippen molar-refractivity contribution in [3.63, 3.8) is 0 Å². The molecular weight excluding hydrogens is 266 g/mol. The van der Waals surface area contributed by atoms with Crippen molar-refractivity contribution in [2.24, 2.45) is 0 Å². The van der Waals surface area contributed by atoms with Crippen LogP contribution in [-0.2, 0) is 6.42 Å². The highest BCUT2D eigenvalue weighted by Crippen LogP contribution is 2.28. The lowest BCUT2D eigenvalue weighted by atomic mass is 10.3. The third-order valence-corrected chi connectivity index (χ3v) is 4.37. The van der Waals surface area contributed by atoms with E-state index in [1.54, 1.807) is 0 Å². The van der Waals surface area contributed by atoms with E-state index in [1.807, 2.05) is 17.8 Å². The number of aromatic nitrogens is 2. The summed E-state index contributed by atoms with van der Waals surface area (Å²) in [5, 5.41) is 1.83. The number of hydrogen-bond donors (Lipinski definition) is 0. The van der Waals surface area contributed by atoms with Crippen molar-refractivity contribution in [2.75, 3.05) is 18.0 Å². The van der Waals surface area contributed by atoms with Crippen molar-refractivity contribution in [1.82, 2.24) is 9.97 Å². The summed E-state index contributed by atoms with van der Waals surface area (Å²) in [5.74, 6) is 1.84. The number of aryl methyl sites for hydroxylation is 1. The summed E-state index contributed by atoms with van der Waals surface area (Å²) < 4.78 is 0. The van der Waals surface area contributed by atoms with Gasteiger partial charge < -0.3 is 4.90 Å². The molecule has 1 aromatic rings. The van der Waals surface area contributed by atoms with Crippen LogP contribution in [0.25, 0.3) is 0 Å². The summed E-state index contributed by atoms with van der Waals surface area (Å²) in [7, 11) is 0. The molecule has 2 rings (SSSR count). The highest BCUT2D eigenvalue weighted by molar-refractivity contribution is 8.00. The smallest absolute Gasteiger partial charge is 0.134 e. The van der Waals surface area contributed by atoms with Crippen molar-refractivity contribution < 1.29 is 0 Å². The first-order valence-corrected chi connectivity index (χ1v) is 7.84. The number of thioether (sulfide) groups is 1. The number of rotatable bonds is 3. The predicted octanol–water partition coefficient (Wildman–Crippen LogP) is 3.41. The van der Waals surface area contributed by atoms with Gasteiger partial charge >= 0.3 is 0 Å². The second-order valence-corrected chi connectivity index (χ2v) is 7.15. The molecule has 1 saturated heterocycles. The van der Waals surface area contributed by atoms with Crippen LogP contribution in [0.1, 0.15) is 33.0 Å². The average Bonchev–Trinajstić information content (AvgIpc) is 2.27. The third-order valence-electron chi connectivity index (χ3n) is 2.94. The largest absolute Gasteiger partial charge is 0.354 e. The van der Waals surface area contributed by atoms with Gasteiger partial charge in [0.05, 0.1) is 0 Å². The molecule has 0 saturated carbocycles. The Morgan fingerprint density at radius 1 is 1.33 bits per heavy atom. The molecule has 0 aliphatic carbocycles. The quantitative estimate of drug-likeness (QED) is 0.796. The van der Waals surface area contributed by atoms with Crippen LogP contribution in [0.2, 0.25) is 5.15 Å². The fourth-order valence-corrected chi connectivity index (χ4v) is 3.83. The van der Waals surface area contributed by atoms with E-state index in [2.05, 4.69) is 35.6 Å². The van der Waals surface area contributed by atoms with Crippen molar-refractivity contribution in [2.45, 2.75) is 44.1 Å². The summed E-state index contributed by atoms with van der Waals surface area (Å²) in [6.45, 7) is 8.74. The molecule has 18 heavy (non-hydrogen) atoms. The van der Waals surface area contributed by atoms with E-state index < -0.39 is 0 Å². The molecule has 0 bridgehead atoms. The molecule has 2 unspecified atom stereocenters. The molecule has 0 radical (unpaired) electrons. The van der Waals surface area contributed by atoms with Crippen molar-refractivity contribution in [3.8, 4) is 0 Å².